The van der Waals surface area contributed by atoms with Crippen molar-refractivity contribution in [3.8, 4) is 0 Å². The maximum absolute atomic E-state index is 13.4. The lowest BCUT2D eigenvalue weighted by Crippen LogP contribution is -2.63. The third kappa shape index (κ3) is 4.34. The fourth-order valence-electron chi connectivity index (χ4n) is 6.81. The zero-order chi connectivity index (χ0) is 28.3. The van der Waals surface area contributed by atoms with Crippen molar-refractivity contribution in [3.05, 3.63) is 47.5 Å². The summed E-state index contributed by atoms with van der Waals surface area (Å²) >= 11 is 0. The molecule has 3 heterocycles. The zero-order valence-corrected chi connectivity index (χ0v) is 21.8. The summed E-state index contributed by atoms with van der Waals surface area (Å²) in [5.74, 6) is -1.87. The van der Waals surface area contributed by atoms with Crippen molar-refractivity contribution < 1.29 is 58.5 Å². The SMILES string of the molecule is COC(=O)C1=CC(O)CC2C3(C)CC(c4ccoc4)OC(=O)C3=CC(OC3OC(CO)C(O)C(O)C3O)C12C. The number of carbonyl (C=O) groups is 2. The molecule has 0 amide bonds. The molecule has 39 heavy (non-hydrogen) atoms. The van der Waals surface area contributed by atoms with E-state index in [0.29, 0.717) is 12.0 Å². The fourth-order valence-corrected chi connectivity index (χ4v) is 6.81. The number of aliphatic hydroxyl groups is 5. The first kappa shape index (κ1) is 28.0. The van der Waals surface area contributed by atoms with Gasteiger partial charge in [-0.1, -0.05) is 13.8 Å². The standard InChI is InChI=1S/C27H34O12/c1-26-9-16(12-4-5-36-11-12)37-24(34)14(26)8-19(39-25-22(32)21(31)20(30)17(10-28)38-25)27(2)15(23(33)35-3)6-13(29)7-18(26)27/h4-6,8,11,13,16-22,25,28-32H,7,9-10H2,1-3H3. The van der Waals surface area contributed by atoms with Gasteiger partial charge in [0.25, 0.3) is 0 Å². The molecule has 1 aromatic heterocycles. The van der Waals surface area contributed by atoms with Crippen LogP contribution >= 0.6 is 0 Å². The molecule has 12 heteroatoms. The van der Waals surface area contributed by atoms with Gasteiger partial charge in [-0.15, -0.1) is 0 Å². The van der Waals surface area contributed by atoms with Gasteiger partial charge in [0.1, 0.15) is 30.5 Å². The third-order valence-electron chi connectivity index (χ3n) is 8.96. The van der Waals surface area contributed by atoms with Gasteiger partial charge in [-0.3, -0.25) is 0 Å². The Labute approximate surface area is 224 Å². The summed E-state index contributed by atoms with van der Waals surface area (Å²) in [6, 6.07) is 1.71. The molecule has 5 rings (SSSR count). The number of aliphatic hydroxyl groups excluding tert-OH is 5. The van der Waals surface area contributed by atoms with Crippen molar-refractivity contribution in [3.63, 3.8) is 0 Å². The number of rotatable bonds is 5. The van der Waals surface area contributed by atoms with Gasteiger partial charge in [0.15, 0.2) is 6.29 Å². The molecule has 2 aliphatic carbocycles. The molecule has 12 nitrogen and oxygen atoms in total. The van der Waals surface area contributed by atoms with Crippen molar-refractivity contribution in [2.24, 2.45) is 16.7 Å². The molecule has 0 aromatic carbocycles. The average Bonchev–Trinajstić information content (AvgIpc) is 3.45. The summed E-state index contributed by atoms with van der Waals surface area (Å²) in [6.07, 6.45) is -4.09. The molecule has 5 N–H and O–H groups in total. The molecule has 2 saturated heterocycles. The number of ether oxygens (including phenoxy) is 4. The van der Waals surface area contributed by atoms with Crippen LogP contribution in [0.3, 0.4) is 0 Å². The van der Waals surface area contributed by atoms with E-state index < -0.39 is 84.3 Å². The molecular formula is C27H34O12. The Balaban J connectivity index is 1.61. The molecular weight excluding hydrogens is 516 g/mol. The van der Waals surface area contributed by atoms with Crippen LogP contribution in [0.2, 0.25) is 0 Å². The first-order chi connectivity index (χ1) is 18.4. The van der Waals surface area contributed by atoms with Crippen LogP contribution in [0.1, 0.15) is 38.4 Å². The second-order valence-corrected chi connectivity index (χ2v) is 11.1. The van der Waals surface area contributed by atoms with Gasteiger partial charge in [0.2, 0.25) is 0 Å². The van der Waals surface area contributed by atoms with Crippen LogP contribution in [0, 0.1) is 16.7 Å². The van der Waals surface area contributed by atoms with Crippen LogP contribution in [-0.4, -0.2) is 94.1 Å². The number of esters is 2. The summed E-state index contributed by atoms with van der Waals surface area (Å²) < 4.78 is 27.8. The van der Waals surface area contributed by atoms with Crippen LogP contribution in [0.25, 0.3) is 0 Å². The van der Waals surface area contributed by atoms with Crippen molar-refractivity contribution in [1.29, 1.82) is 0 Å². The highest BCUT2D eigenvalue weighted by molar-refractivity contribution is 5.94. The summed E-state index contributed by atoms with van der Waals surface area (Å²) in [6.45, 7) is 2.98. The molecule has 0 saturated carbocycles. The van der Waals surface area contributed by atoms with Crippen LogP contribution < -0.4 is 0 Å². The number of furan rings is 1. The van der Waals surface area contributed by atoms with Gasteiger partial charge in [-0.25, -0.2) is 9.59 Å². The van der Waals surface area contributed by atoms with Crippen LogP contribution in [0.5, 0.6) is 0 Å². The van der Waals surface area contributed by atoms with E-state index in [1.807, 2.05) is 6.92 Å². The van der Waals surface area contributed by atoms with Crippen LogP contribution in [-0.2, 0) is 28.5 Å². The molecule has 1 aromatic rings. The van der Waals surface area contributed by atoms with E-state index in [1.165, 1.54) is 31.8 Å². The van der Waals surface area contributed by atoms with Gasteiger partial charge in [-0.05, 0) is 37.0 Å². The van der Waals surface area contributed by atoms with E-state index in [0.717, 1.165) is 0 Å². The third-order valence-corrected chi connectivity index (χ3v) is 8.96. The minimum Gasteiger partial charge on any atom is -0.472 e. The average molecular weight is 551 g/mol. The number of cyclic esters (lactones) is 1. The second kappa shape index (κ2) is 10.1. The largest absolute Gasteiger partial charge is 0.472 e. The number of hydrogen-bond acceptors (Lipinski definition) is 12. The highest BCUT2D eigenvalue weighted by atomic mass is 16.7. The lowest BCUT2D eigenvalue weighted by molar-refractivity contribution is -0.317. The summed E-state index contributed by atoms with van der Waals surface area (Å²) in [7, 11) is 1.22. The molecule has 0 radical (unpaired) electrons. The molecule has 2 fully saturated rings. The lowest BCUT2D eigenvalue weighted by Gasteiger charge is -2.59. The van der Waals surface area contributed by atoms with Gasteiger partial charge in [0.05, 0.1) is 38.5 Å². The molecule has 0 spiro atoms. The minimum atomic E-state index is -1.71. The Morgan fingerprint density at radius 2 is 1.87 bits per heavy atom. The van der Waals surface area contributed by atoms with E-state index in [2.05, 4.69) is 0 Å². The van der Waals surface area contributed by atoms with Crippen molar-refractivity contribution in [2.75, 3.05) is 13.7 Å². The molecule has 0 bridgehead atoms. The Morgan fingerprint density at radius 1 is 1.13 bits per heavy atom. The summed E-state index contributed by atoms with van der Waals surface area (Å²) in [5, 5.41) is 51.6. The maximum atomic E-state index is 13.4. The Hall–Kier alpha value is -2.58. The van der Waals surface area contributed by atoms with Crippen molar-refractivity contribution in [2.45, 2.75) is 75.7 Å². The van der Waals surface area contributed by atoms with Crippen molar-refractivity contribution >= 4 is 11.9 Å². The summed E-state index contributed by atoms with van der Waals surface area (Å²) in [4.78, 5) is 26.5. The van der Waals surface area contributed by atoms with E-state index in [-0.39, 0.29) is 17.6 Å². The quantitative estimate of drug-likeness (QED) is 0.307. The highest BCUT2D eigenvalue weighted by Gasteiger charge is 2.64. The number of methoxy groups -OCH3 is 1. The second-order valence-electron chi connectivity index (χ2n) is 11.1. The topological polar surface area (TPSA) is 185 Å². The van der Waals surface area contributed by atoms with Gasteiger partial charge >= 0.3 is 11.9 Å². The van der Waals surface area contributed by atoms with E-state index in [4.69, 9.17) is 23.4 Å². The van der Waals surface area contributed by atoms with Gasteiger partial charge in [0, 0.05) is 27.5 Å². The van der Waals surface area contributed by atoms with Crippen LogP contribution in [0.4, 0.5) is 0 Å². The normalized spacial score (nSPS) is 43.9. The predicted octanol–water partition coefficient (Wildman–Crippen LogP) is -0.115. The first-order valence-electron chi connectivity index (χ1n) is 12.9. The number of carbonyl (C=O) groups excluding carboxylic acids is 2. The highest BCUT2D eigenvalue weighted by Crippen LogP contribution is 2.63. The molecule has 4 aliphatic rings. The van der Waals surface area contributed by atoms with E-state index in [9.17, 15) is 35.1 Å². The van der Waals surface area contributed by atoms with E-state index in [1.54, 1.807) is 13.0 Å². The zero-order valence-electron chi connectivity index (χ0n) is 21.8. The van der Waals surface area contributed by atoms with Gasteiger partial charge < -0.3 is 48.9 Å². The molecule has 11 unspecified atom stereocenters. The predicted molar refractivity (Wildman–Crippen MR) is 129 cm³/mol. The number of hydrogen-bond donors (Lipinski definition) is 5. The Bertz CT molecular complexity index is 1160. The Morgan fingerprint density at radius 3 is 2.51 bits per heavy atom. The van der Waals surface area contributed by atoms with E-state index >= 15 is 0 Å². The molecule has 2 aliphatic heterocycles. The van der Waals surface area contributed by atoms with Gasteiger partial charge in [-0.2, -0.15) is 0 Å². The molecule has 11 atom stereocenters. The first-order valence-corrected chi connectivity index (χ1v) is 12.9. The molecule has 214 valence electrons. The van der Waals surface area contributed by atoms with Crippen LogP contribution in [0.15, 0.2) is 46.3 Å². The lowest BCUT2D eigenvalue weighted by atomic mass is 9.47. The Kier molecular flexibility index (Phi) is 7.25. The van der Waals surface area contributed by atoms with Crippen molar-refractivity contribution in [1.82, 2.24) is 0 Å². The fraction of sp³-hybridized carbons (Fsp3) is 0.630. The summed E-state index contributed by atoms with van der Waals surface area (Å²) in [5.41, 5.74) is -1.03. The maximum Gasteiger partial charge on any atom is 0.334 e. The smallest absolute Gasteiger partial charge is 0.334 e. The minimum absolute atomic E-state index is 0.124. The monoisotopic (exact) mass is 550 g/mol. The number of fused-ring (bicyclic) bond motifs is 3.